The molecular formula is C14H25N3O. The molecule has 1 aliphatic heterocycles. The van der Waals surface area contributed by atoms with Crippen molar-refractivity contribution in [1.82, 2.24) is 10.6 Å². The molecule has 0 aromatic carbocycles. The predicted molar refractivity (Wildman–Crippen MR) is 76.3 cm³/mol. The zero-order valence-electron chi connectivity index (χ0n) is 11.9. The van der Waals surface area contributed by atoms with Gasteiger partial charge in [0.15, 0.2) is 0 Å². The van der Waals surface area contributed by atoms with Crippen LogP contribution < -0.4 is 10.6 Å². The molecule has 2 unspecified atom stereocenters. The van der Waals surface area contributed by atoms with Gasteiger partial charge < -0.3 is 10.6 Å². The van der Waals surface area contributed by atoms with Gasteiger partial charge in [0.1, 0.15) is 5.54 Å². The highest BCUT2D eigenvalue weighted by Gasteiger charge is 2.26. The molecule has 0 spiro atoms. The van der Waals surface area contributed by atoms with E-state index in [4.69, 9.17) is 0 Å². The molecule has 0 radical (unpaired) electrons. The number of dihydropyridines is 1. The Kier molecular flexibility index (Phi) is 5.54. The summed E-state index contributed by atoms with van der Waals surface area (Å²) in [6.45, 7) is 6.86. The van der Waals surface area contributed by atoms with Crippen molar-refractivity contribution in [2.75, 3.05) is 13.6 Å². The minimum Gasteiger partial charge on any atom is -0.384 e. The lowest BCUT2D eigenvalue weighted by Crippen LogP contribution is -2.39. The molecule has 0 amide bonds. The van der Waals surface area contributed by atoms with Crippen molar-refractivity contribution < 1.29 is 0 Å². The van der Waals surface area contributed by atoms with Gasteiger partial charge in [0, 0.05) is 12.2 Å². The van der Waals surface area contributed by atoms with E-state index in [1.807, 2.05) is 33.2 Å². The summed E-state index contributed by atoms with van der Waals surface area (Å²) in [5.41, 5.74) is 0.283. The van der Waals surface area contributed by atoms with Crippen LogP contribution in [0.1, 0.15) is 33.6 Å². The van der Waals surface area contributed by atoms with Crippen molar-refractivity contribution in [3.63, 3.8) is 0 Å². The van der Waals surface area contributed by atoms with E-state index in [0.29, 0.717) is 12.0 Å². The largest absolute Gasteiger partial charge is 0.384 e. The van der Waals surface area contributed by atoms with Crippen LogP contribution in [0.25, 0.3) is 0 Å². The van der Waals surface area contributed by atoms with E-state index in [0.717, 1.165) is 12.1 Å². The summed E-state index contributed by atoms with van der Waals surface area (Å²) in [5.74, 6) is 0.571. The van der Waals surface area contributed by atoms with Gasteiger partial charge >= 0.3 is 0 Å². The third-order valence-corrected chi connectivity index (χ3v) is 3.48. The lowest BCUT2D eigenvalue weighted by Gasteiger charge is -2.29. The molecule has 0 fully saturated rings. The van der Waals surface area contributed by atoms with Crippen molar-refractivity contribution in [1.29, 1.82) is 0 Å². The minimum absolute atomic E-state index is 0.337. The number of nitrogens with zero attached hydrogens (tertiary/aromatic N) is 1. The van der Waals surface area contributed by atoms with E-state index in [1.165, 1.54) is 12.8 Å². The summed E-state index contributed by atoms with van der Waals surface area (Å²) in [7, 11) is 1.98. The Morgan fingerprint density at radius 1 is 1.56 bits per heavy atom. The van der Waals surface area contributed by atoms with Crippen LogP contribution in [-0.2, 0) is 0 Å². The molecule has 1 aliphatic rings. The van der Waals surface area contributed by atoms with E-state index < -0.39 is 5.54 Å². The first kappa shape index (κ1) is 14.9. The number of nitrogens with one attached hydrogen (secondary N) is 2. The summed E-state index contributed by atoms with van der Waals surface area (Å²) in [5, 5.41) is 9.80. The van der Waals surface area contributed by atoms with E-state index in [-0.39, 0.29) is 0 Å². The number of hydrogen-bond donors (Lipinski definition) is 2. The summed E-state index contributed by atoms with van der Waals surface area (Å²) in [6.07, 6.45) is 8.48. The Morgan fingerprint density at radius 3 is 2.72 bits per heavy atom. The molecule has 18 heavy (non-hydrogen) atoms. The van der Waals surface area contributed by atoms with E-state index in [1.54, 1.807) is 0 Å². The van der Waals surface area contributed by atoms with Gasteiger partial charge in [-0.2, -0.15) is 0 Å². The molecule has 0 aromatic heterocycles. The maximum absolute atomic E-state index is 10.8. The topological polar surface area (TPSA) is 53.5 Å². The lowest BCUT2D eigenvalue weighted by atomic mass is 9.88. The second kappa shape index (κ2) is 6.69. The van der Waals surface area contributed by atoms with E-state index >= 15 is 0 Å². The zero-order valence-corrected chi connectivity index (χ0v) is 11.9. The van der Waals surface area contributed by atoms with Crippen molar-refractivity contribution >= 4 is 0 Å². The molecular weight excluding hydrogens is 226 g/mol. The number of rotatable bonds is 7. The fourth-order valence-electron chi connectivity index (χ4n) is 2.27. The van der Waals surface area contributed by atoms with Gasteiger partial charge in [0.05, 0.1) is 0 Å². The van der Waals surface area contributed by atoms with Crippen LogP contribution in [0.15, 0.2) is 29.1 Å². The average molecular weight is 251 g/mol. The summed E-state index contributed by atoms with van der Waals surface area (Å²) < 4.78 is 0. The quantitative estimate of drug-likeness (QED) is 0.684. The number of nitroso groups, excluding NO2 is 1. The zero-order chi connectivity index (χ0) is 13.6. The smallest absolute Gasteiger partial charge is 0.123 e. The molecule has 0 saturated carbocycles. The number of hydrogen-bond acceptors (Lipinski definition) is 4. The van der Waals surface area contributed by atoms with Crippen molar-refractivity contribution in [2.45, 2.75) is 45.2 Å². The van der Waals surface area contributed by atoms with Crippen LogP contribution in [0.5, 0.6) is 0 Å². The maximum Gasteiger partial charge on any atom is 0.123 e. The third kappa shape index (κ3) is 3.67. The summed E-state index contributed by atoms with van der Waals surface area (Å²) in [4.78, 5) is 10.8. The molecule has 2 atom stereocenters. The monoisotopic (exact) mass is 251 g/mol. The van der Waals surface area contributed by atoms with Crippen molar-refractivity contribution in [2.24, 2.45) is 11.1 Å². The van der Waals surface area contributed by atoms with Gasteiger partial charge in [-0.1, -0.05) is 30.7 Å². The predicted octanol–water partition coefficient (Wildman–Crippen LogP) is 2.58. The third-order valence-electron chi connectivity index (χ3n) is 3.48. The SMILES string of the molecule is CCCC(CNC)C1C=CC(C(C)(C)N=O)=CN1. The Morgan fingerprint density at radius 2 is 2.28 bits per heavy atom. The Bertz CT molecular complexity index is 328. The molecule has 0 saturated heterocycles. The lowest BCUT2D eigenvalue weighted by molar-refractivity contribution is 0.386. The summed E-state index contributed by atoms with van der Waals surface area (Å²) >= 11 is 0. The van der Waals surface area contributed by atoms with Crippen LogP contribution in [0.4, 0.5) is 0 Å². The first-order valence-electron chi connectivity index (χ1n) is 6.69. The first-order valence-corrected chi connectivity index (χ1v) is 6.69. The molecule has 4 nitrogen and oxygen atoms in total. The fraction of sp³-hybridized carbons (Fsp3) is 0.714. The minimum atomic E-state index is -0.655. The van der Waals surface area contributed by atoms with Gasteiger partial charge in [-0.15, -0.1) is 4.91 Å². The maximum atomic E-state index is 10.8. The molecule has 102 valence electrons. The first-order chi connectivity index (χ1) is 8.55. The van der Waals surface area contributed by atoms with Gasteiger partial charge in [0.25, 0.3) is 0 Å². The van der Waals surface area contributed by atoms with Crippen LogP contribution in [0.2, 0.25) is 0 Å². The highest BCUT2D eigenvalue weighted by Crippen LogP contribution is 2.25. The Hall–Kier alpha value is -1.16. The van der Waals surface area contributed by atoms with Crippen LogP contribution in [-0.4, -0.2) is 25.2 Å². The second-order valence-corrected chi connectivity index (χ2v) is 5.41. The molecule has 0 bridgehead atoms. The highest BCUT2D eigenvalue weighted by atomic mass is 16.3. The van der Waals surface area contributed by atoms with Gasteiger partial charge in [-0.3, -0.25) is 0 Å². The fourth-order valence-corrected chi connectivity index (χ4v) is 2.27. The standard InChI is InChI=1S/C14H25N3O/c1-5-6-11(9-15-4)13-8-7-12(10-16-13)14(2,3)17-18/h7-8,10-11,13,15-16H,5-6,9H2,1-4H3. The van der Waals surface area contributed by atoms with Crippen molar-refractivity contribution in [3.8, 4) is 0 Å². The molecule has 4 heteroatoms. The average Bonchev–Trinajstić information content (AvgIpc) is 2.39. The van der Waals surface area contributed by atoms with Gasteiger partial charge in [-0.25, -0.2) is 0 Å². The van der Waals surface area contributed by atoms with Gasteiger partial charge in [-0.05, 0) is 45.4 Å². The van der Waals surface area contributed by atoms with Crippen LogP contribution in [0.3, 0.4) is 0 Å². The highest BCUT2D eigenvalue weighted by molar-refractivity contribution is 5.33. The van der Waals surface area contributed by atoms with Crippen molar-refractivity contribution in [3.05, 3.63) is 28.8 Å². The second-order valence-electron chi connectivity index (χ2n) is 5.41. The van der Waals surface area contributed by atoms with Crippen LogP contribution in [0, 0.1) is 10.8 Å². The van der Waals surface area contributed by atoms with E-state index in [2.05, 4.69) is 28.8 Å². The molecule has 2 N–H and O–H groups in total. The van der Waals surface area contributed by atoms with Gasteiger partial charge in [0.2, 0.25) is 0 Å². The summed E-state index contributed by atoms with van der Waals surface area (Å²) in [6, 6.07) is 0.337. The van der Waals surface area contributed by atoms with Crippen LogP contribution >= 0.6 is 0 Å². The molecule has 0 aliphatic carbocycles. The Labute approximate surface area is 110 Å². The van der Waals surface area contributed by atoms with E-state index in [9.17, 15) is 4.91 Å². The Balaban J connectivity index is 2.67. The molecule has 1 rings (SSSR count). The normalized spacial score (nSPS) is 21.1. The molecule has 0 aromatic rings. The molecule has 1 heterocycles.